The summed E-state index contributed by atoms with van der Waals surface area (Å²) in [4.78, 5) is 24.2. The van der Waals surface area contributed by atoms with Crippen molar-refractivity contribution in [2.24, 2.45) is 5.73 Å². The zero-order chi connectivity index (χ0) is 16.1. The van der Waals surface area contributed by atoms with Gasteiger partial charge in [-0.05, 0) is 37.3 Å². The Hall–Kier alpha value is -1.98. The molecule has 6 heteroatoms. The number of hydrogen-bond acceptors (Lipinski definition) is 3. The number of carbonyl (C=O) groups excluding carboxylic acids is 2. The van der Waals surface area contributed by atoms with E-state index in [-0.39, 0.29) is 22.2 Å². The van der Waals surface area contributed by atoms with Crippen LogP contribution >= 0.6 is 23.4 Å². The van der Waals surface area contributed by atoms with Crippen LogP contribution in [0.1, 0.15) is 15.9 Å². The minimum Gasteiger partial charge on any atom is -0.366 e. The first-order chi connectivity index (χ1) is 10.5. The summed E-state index contributed by atoms with van der Waals surface area (Å²) in [6.07, 6.45) is 0. The Kier molecular flexibility index (Phi) is 5.46. The van der Waals surface area contributed by atoms with Crippen LogP contribution in [-0.2, 0) is 4.79 Å². The number of thioether (sulfide) groups is 1. The van der Waals surface area contributed by atoms with E-state index >= 15 is 0 Å². The van der Waals surface area contributed by atoms with Gasteiger partial charge in [0.05, 0.1) is 16.3 Å². The van der Waals surface area contributed by atoms with Gasteiger partial charge in [-0.15, -0.1) is 11.8 Å². The molecule has 0 unspecified atom stereocenters. The molecule has 114 valence electrons. The first-order valence-electron chi connectivity index (χ1n) is 6.54. The van der Waals surface area contributed by atoms with E-state index in [0.29, 0.717) is 5.69 Å². The summed E-state index contributed by atoms with van der Waals surface area (Å²) in [5.41, 5.74) is 7.07. The Morgan fingerprint density at radius 1 is 1.18 bits per heavy atom. The largest absolute Gasteiger partial charge is 0.366 e. The van der Waals surface area contributed by atoms with Gasteiger partial charge in [0.1, 0.15) is 0 Å². The SMILES string of the molecule is Cc1ccc(SCC(=O)Nc2ccc(Cl)c(C(N)=O)c2)cc1. The van der Waals surface area contributed by atoms with Crippen LogP contribution in [0.25, 0.3) is 0 Å². The van der Waals surface area contributed by atoms with Gasteiger partial charge in [0.2, 0.25) is 11.8 Å². The molecule has 0 bridgehead atoms. The highest BCUT2D eigenvalue weighted by molar-refractivity contribution is 8.00. The number of nitrogens with two attached hydrogens (primary N) is 1. The Balaban J connectivity index is 1.96. The highest BCUT2D eigenvalue weighted by Gasteiger charge is 2.09. The molecule has 0 spiro atoms. The highest BCUT2D eigenvalue weighted by atomic mass is 35.5. The van der Waals surface area contributed by atoms with Crippen molar-refractivity contribution in [2.45, 2.75) is 11.8 Å². The fourth-order valence-corrected chi connectivity index (χ4v) is 2.68. The molecule has 0 saturated heterocycles. The van der Waals surface area contributed by atoms with Gasteiger partial charge in [0.15, 0.2) is 0 Å². The molecule has 0 saturated carbocycles. The first kappa shape index (κ1) is 16.4. The maximum Gasteiger partial charge on any atom is 0.250 e. The van der Waals surface area contributed by atoms with Gasteiger partial charge in [-0.2, -0.15) is 0 Å². The van der Waals surface area contributed by atoms with Gasteiger partial charge in [0.25, 0.3) is 0 Å². The highest BCUT2D eigenvalue weighted by Crippen LogP contribution is 2.21. The van der Waals surface area contributed by atoms with Crippen LogP contribution in [0.5, 0.6) is 0 Å². The number of benzene rings is 2. The minimum absolute atomic E-state index is 0.164. The lowest BCUT2D eigenvalue weighted by Crippen LogP contribution is -2.16. The van der Waals surface area contributed by atoms with E-state index in [9.17, 15) is 9.59 Å². The molecule has 0 aliphatic rings. The monoisotopic (exact) mass is 334 g/mol. The molecule has 2 amide bonds. The molecule has 0 aromatic heterocycles. The average molecular weight is 335 g/mol. The van der Waals surface area contributed by atoms with Gasteiger partial charge >= 0.3 is 0 Å². The third kappa shape index (κ3) is 4.51. The number of hydrogen-bond donors (Lipinski definition) is 2. The van der Waals surface area contributed by atoms with Crippen LogP contribution < -0.4 is 11.1 Å². The fraction of sp³-hybridized carbons (Fsp3) is 0.125. The molecule has 0 radical (unpaired) electrons. The molecule has 3 N–H and O–H groups in total. The van der Waals surface area contributed by atoms with Gasteiger partial charge < -0.3 is 11.1 Å². The molecule has 0 fully saturated rings. The van der Waals surface area contributed by atoms with Crippen LogP contribution in [0.3, 0.4) is 0 Å². The summed E-state index contributed by atoms with van der Waals surface area (Å²) >= 11 is 7.30. The maximum atomic E-state index is 11.9. The van der Waals surface area contributed by atoms with E-state index < -0.39 is 5.91 Å². The van der Waals surface area contributed by atoms with Crippen LogP contribution in [0.2, 0.25) is 5.02 Å². The number of rotatable bonds is 5. The summed E-state index contributed by atoms with van der Waals surface area (Å²) in [5.74, 6) is -0.518. The standard InChI is InChI=1S/C16H15ClN2O2S/c1-10-2-5-12(6-3-10)22-9-15(20)19-11-4-7-14(17)13(8-11)16(18)21/h2-8H,9H2,1H3,(H2,18,21)(H,19,20). The average Bonchev–Trinajstić information content (AvgIpc) is 2.48. The molecule has 0 aliphatic carbocycles. The number of halogens is 1. The van der Waals surface area contributed by atoms with Crippen LogP contribution in [0.4, 0.5) is 5.69 Å². The molecule has 2 aromatic carbocycles. The molecule has 4 nitrogen and oxygen atoms in total. The van der Waals surface area contributed by atoms with Crippen LogP contribution in [0.15, 0.2) is 47.4 Å². The van der Waals surface area contributed by atoms with Crippen molar-refractivity contribution in [1.29, 1.82) is 0 Å². The smallest absolute Gasteiger partial charge is 0.250 e. The minimum atomic E-state index is -0.630. The van der Waals surface area contributed by atoms with E-state index in [1.807, 2.05) is 31.2 Å². The quantitative estimate of drug-likeness (QED) is 0.822. The second-order valence-corrected chi connectivity index (χ2v) is 6.16. The lowest BCUT2D eigenvalue weighted by Gasteiger charge is -2.07. The number of carbonyl (C=O) groups is 2. The molecule has 0 atom stereocenters. The van der Waals surface area contributed by atoms with Crippen LogP contribution in [-0.4, -0.2) is 17.6 Å². The van der Waals surface area contributed by atoms with Gasteiger partial charge in [-0.3, -0.25) is 9.59 Å². The third-order valence-electron chi connectivity index (χ3n) is 2.91. The summed E-state index contributed by atoms with van der Waals surface area (Å²) in [6.45, 7) is 2.01. The molecular formula is C16H15ClN2O2S. The van der Waals surface area contributed by atoms with E-state index in [1.165, 1.54) is 29.5 Å². The third-order valence-corrected chi connectivity index (χ3v) is 4.25. The number of primary amides is 1. The maximum absolute atomic E-state index is 11.9. The van der Waals surface area contributed by atoms with Crippen molar-refractivity contribution in [2.75, 3.05) is 11.1 Å². The molecule has 22 heavy (non-hydrogen) atoms. The molecular weight excluding hydrogens is 320 g/mol. The summed E-state index contributed by atoms with van der Waals surface area (Å²) in [7, 11) is 0. The summed E-state index contributed by atoms with van der Waals surface area (Å²) in [5, 5.41) is 2.98. The Morgan fingerprint density at radius 3 is 2.50 bits per heavy atom. The number of nitrogens with one attached hydrogen (secondary N) is 1. The predicted octanol–water partition coefficient (Wildman–Crippen LogP) is 3.48. The lowest BCUT2D eigenvalue weighted by atomic mass is 10.2. The van der Waals surface area contributed by atoms with E-state index in [4.69, 9.17) is 17.3 Å². The van der Waals surface area contributed by atoms with Crippen molar-refractivity contribution in [3.8, 4) is 0 Å². The summed E-state index contributed by atoms with van der Waals surface area (Å²) < 4.78 is 0. The molecule has 0 aliphatic heterocycles. The normalized spacial score (nSPS) is 10.3. The molecule has 2 aromatic rings. The number of amides is 2. The number of aryl methyl sites for hydroxylation is 1. The van der Waals surface area contributed by atoms with Crippen molar-refractivity contribution in [1.82, 2.24) is 0 Å². The van der Waals surface area contributed by atoms with Gasteiger partial charge in [-0.25, -0.2) is 0 Å². The van der Waals surface area contributed by atoms with E-state index in [2.05, 4.69) is 5.32 Å². The molecule has 2 rings (SSSR count). The van der Waals surface area contributed by atoms with Crippen molar-refractivity contribution in [3.63, 3.8) is 0 Å². The number of anilines is 1. The van der Waals surface area contributed by atoms with E-state index in [1.54, 1.807) is 6.07 Å². The second kappa shape index (κ2) is 7.33. The fourth-order valence-electron chi connectivity index (χ4n) is 1.77. The first-order valence-corrected chi connectivity index (χ1v) is 7.91. The molecule has 0 heterocycles. The Bertz CT molecular complexity index is 702. The zero-order valence-electron chi connectivity index (χ0n) is 11.9. The van der Waals surface area contributed by atoms with Crippen molar-refractivity contribution >= 4 is 40.9 Å². The zero-order valence-corrected chi connectivity index (χ0v) is 13.5. The van der Waals surface area contributed by atoms with Crippen molar-refractivity contribution in [3.05, 3.63) is 58.6 Å². The topological polar surface area (TPSA) is 72.2 Å². The second-order valence-electron chi connectivity index (χ2n) is 4.71. The van der Waals surface area contributed by atoms with Crippen molar-refractivity contribution < 1.29 is 9.59 Å². The van der Waals surface area contributed by atoms with Gasteiger partial charge in [-0.1, -0.05) is 29.3 Å². The Labute approximate surface area is 138 Å². The predicted molar refractivity (Wildman–Crippen MR) is 90.5 cm³/mol. The van der Waals surface area contributed by atoms with Gasteiger partial charge in [0, 0.05) is 10.6 Å². The van der Waals surface area contributed by atoms with Crippen LogP contribution in [0, 0.1) is 6.92 Å². The summed E-state index contributed by atoms with van der Waals surface area (Å²) in [6, 6.07) is 12.6. The lowest BCUT2D eigenvalue weighted by molar-refractivity contribution is -0.113. The van der Waals surface area contributed by atoms with E-state index in [0.717, 1.165) is 4.90 Å². The Morgan fingerprint density at radius 2 is 1.86 bits per heavy atom.